The number of hydrogen-bond donors (Lipinski definition) is 0. The van der Waals surface area contributed by atoms with E-state index in [4.69, 9.17) is 4.42 Å². The normalized spacial score (nSPS) is 12.5. The van der Waals surface area contributed by atoms with Gasteiger partial charge < -0.3 is 4.42 Å². The van der Waals surface area contributed by atoms with Crippen LogP contribution < -0.4 is 0 Å². The van der Waals surface area contributed by atoms with Gasteiger partial charge in [-0.15, -0.1) is 0 Å². The largest absolute Gasteiger partial charge is 0.455 e. The van der Waals surface area contributed by atoms with Gasteiger partial charge in [0, 0.05) is 16.3 Å². The fraction of sp³-hybridized carbons (Fsp3) is 0. The summed E-state index contributed by atoms with van der Waals surface area (Å²) < 4.78 is 6.91. The van der Waals surface area contributed by atoms with Crippen molar-refractivity contribution >= 4 is 97.3 Å². The highest BCUT2D eigenvalue weighted by atomic mass is 16.3. The third-order valence-corrected chi connectivity index (χ3v) is 11.1. The van der Waals surface area contributed by atoms with Gasteiger partial charge in [0.15, 0.2) is 0 Å². The van der Waals surface area contributed by atoms with Crippen LogP contribution in [0.1, 0.15) is 0 Å². The second-order valence-corrected chi connectivity index (χ2v) is 13.6. The summed E-state index contributed by atoms with van der Waals surface area (Å²) in [5.74, 6) is 0. The molecule has 0 aliphatic rings. The van der Waals surface area contributed by atoms with E-state index in [-0.39, 0.29) is 0 Å². The molecule has 0 fully saturated rings. The summed E-state index contributed by atoms with van der Waals surface area (Å²) in [7, 11) is 0. The van der Waals surface area contributed by atoms with E-state index in [2.05, 4.69) is 158 Å². The summed E-state index contributed by atoms with van der Waals surface area (Å²) in [5, 5.41) is 20.3. The first-order chi connectivity index (χ1) is 24.3. The minimum absolute atomic E-state index is 0.909. The van der Waals surface area contributed by atoms with Crippen molar-refractivity contribution in [3.05, 3.63) is 158 Å². The van der Waals surface area contributed by atoms with Crippen LogP contribution in [-0.4, -0.2) is 0 Å². The molecular formula is C48H26O. The Morgan fingerprint density at radius 1 is 0.286 bits per heavy atom. The maximum atomic E-state index is 6.91. The molecule has 0 unspecified atom stereocenters. The lowest BCUT2D eigenvalue weighted by atomic mass is 9.88. The van der Waals surface area contributed by atoms with E-state index in [1.54, 1.807) is 0 Å². The van der Waals surface area contributed by atoms with Crippen LogP contribution in [0, 0.1) is 0 Å². The van der Waals surface area contributed by atoms with Gasteiger partial charge >= 0.3 is 0 Å². The first-order valence-corrected chi connectivity index (χ1v) is 17.0. The van der Waals surface area contributed by atoms with Crippen molar-refractivity contribution in [1.29, 1.82) is 0 Å². The van der Waals surface area contributed by atoms with Gasteiger partial charge in [-0.25, -0.2) is 0 Å². The van der Waals surface area contributed by atoms with Gasteiger partial charge in [0.2, 0.25) is 0 Å². The molecule has 0 N–H and O–H groups in total. The monoisotopic (exact) mass is 618 g/mol. The molecule has 0 saturated heterocycles. The molecule has 0 radical (unpaired) electrons. The number of benzene rings is 11. The molecule has 12 aromatic rings. The Labute approximate surface area is 280 Å². The van der Waals surface area contributed by atoms with Gasteiger partial charge in [0.05, 0.1) is 0 Å². The minimum Gasteiger partial charge on any atom is -0.455 e. The van der Waals surface area contributed by atoms with E-state index in [1.807, 2.05) is 0 Å². The molecule has 1 heteroatoms. The Hall–Kier alpha value is -6.44. The molecule has 12 rings (SSSR count). The van der Waals surface area contributed by atoms with Gasteiger partial charge in [-0.05, 0) is 110 Å². The minimum atomic E-state index is 0.909. The number of hydrogen-bond acceptors (Lipinski definition) is 1. The summed E-state index contributed by atoms with van der Waals surface area (Å²) in [6.45, 7) is 0. The van der Waals surface area contributed by atoms with E-state index in [9.17, 15) is 0 Å². The van der Waals surface area contributed by atoms with Crippen molar-refractivity contribution in [2.24, 2.45) is 0 Å². The lowest BCUT2D eigenvalue weighted by Crippen LogP contribution is -1.88. The van der Waals surface area contributed by atoms with Gasteiger partial charge in [0.1, 0.15) is 11.2 Å². The topological polar surface area (TPSA) is 13.1 Å². The zero-order valence-electron chi connectivity index (χ0n) is 26.4. The van der Waals surface area contributed by atoms with Gasteiger partial charge in [0.25, 0.3) is 0 Å². The third kappa shape index (κ3) is 3.34. The standard InChI is InChI=1S/C48H26O/c1-2-10-36-33(5-1)25-40(37-21-16-32-14-12-28-7-4-9-30-18-23-39(37)46(32)44(28)30)48-47(36)41-26-34(19-24-42(41)49-48)35-20-15-31-13-11-27-6-3-8-29-17-22-38(35)45(31)43(27)29/h1-26H. The molecule has 0 amide bonds. The molecule has 1 nitrogen and oxygen atoms in total. The highest BCUT2D eigenvalue weighted by molar-refractivity contribution is 6.29. The van der Waals surface area contributed by atoms with E-state index in [0.717, 1.165) is 22.1 Å². The molecule has 0 aliphatic carbocycles. The first kappa shape index (κ1) is 25.6. The summed E-state index contributed by atoms with van der Waals surface area (Å²) in [4.78, 5) is 0. The molecule has 0 spiro atoms. The van der Waals surface area contributed by atoms with E-state index in [1.165, 1.54) is 97.5 Å². The fourth-order valence-electron chi connectivity index (χ4n) is 8.95. The smallest absolute Gasteiger partial charge is 0.143 e. The molecule has 1 aromatic heterocycles. The number of rotatable bonds is 2. The Bertz CT molecular complexity index is 3290. The highest BCUT2D eigenvalue weighted by Crippen LogP contribution is 2.46. The van der Waals surface area contributed by atoms with E-state index in [0.29, 0.717) is 0 Å². The van der Waals surface area contributed by atoms with Gasteiger partial charge in [-0.3, -0.25) is 0 Å². The molecule has 0 saturated carbocycles. The van der Waals surface area contributed by atoms with Crippen LogP contribution in [0.3, 0.4) is 0 Å². The Kier molecular flexibility index (Phi) is 4.77. The van der Waals surface area contributed by atoms with Crippen molar-refractivity contribution in [1.82, 2.24) is 0 Å². The molecule has 224 valence electrons. The molecule has 0 bridgehead atoms. The second-order valence-electron chi connectivity index (χ2n) is 13.6. The summed E-state index contributed by atoms with van der Waals surface area (Å²) >= 11 is 0. The van der Waals surface area contributed by atoms with E-state index < -0.39 is 0 Å². The van der Waals surface area contributed by atoms with Crippen molar-refractivity contribution in [2.75, 3.05) is 0 Å². The SMILES string of the molecule is c1ccc2c(c1)cc(-c1ccc3ccc4cccc5ccc1c3c45)c1oc3ccc(-c4ccc5ccc6cccc7ccc4c5c67)cc3c12. The van der Waals surface area contributed by atoms with Crippen LogP contribution >= 0.6 is 0 Å². The van der Waals surface area contributed by atoms with Crippen molar-refractivity contribution in [2.45, 2.75) is 0 Å². The maximum absolute atomic E-state index is 6.91. The Morgan fingerprint density at radius 2 is 0.816 bits per heavy atom. The van der Waals surface area contributed by atoms with Crippen LogP contribution in [0.5, 0.6) is 0 Å². The molecule has 0 aliphatic heterocycles. The van der Waals surface area contributed by atoms with Gasteiger partial charge in [-0.1, -0.05) is 140 Å². The van der Waals surface area contributed by atoms with Crippen molar-refractivity contribution in [3.63, 3.8) is 0 Å². The van der Waals surface area contributed by atoms with Crippen LogP contribution in [0.15, 0.2) is 162 Å². The second kappa shape index (κ2) is 9.13. The summed E-state index contributed by atoms with van der Waals surface area (Å²) in [5.41, 5.74) is 6.63. The zero-order valence-corrected chi connectivity index (χ0v) is 26.4. The summed E-state index contributed by atoms with van der Waals surface area (Å²) in [6, 6.07) is 58.3. The first-order valence-electron chi connectivity index (χ1n) is 17.0. The Balaban J connectivity index is 1.16. The lowest BCUT2D eigenvalue weighted by Gasteiger charge is -2.15. The van der Waals surface area contributed by atoms with Crippen molar-refractivity contribution < 1.29 is 4.42 Å². The van der Waals surface area contributed by atoms with Crippen molar-refractivity contribution in [3.8, 4) is 22.3 Å². The van der Waals surface area contributed by atoms with Crippen LogP contribution in [-0.2, 0) is 0 Å². The molecule has 49 heavy (non-hydrogen) atoms. The lowest BCUT2D eigenvalue weighted by molar-refractivity contribution is 0.670. The summed E-state index contributed by atoms with van der Waals surface area (Å²) in [6.07, 6.45) is 0. The van der Waals surface area contributed by atoms with Crippen LogP contribution in [0.2, 0.25) is 0 Å². The molecule has 11 aromatic carbocycles. The third-order valence-electron chi connectivity index (χ3n) is 11.1. The molecule has 0 atom stereocenters. The quantitative estimate of drug-likeness (QED) is 0.176. The van der Waals surface area contributed by atoms with Gasteiger partial charge in [-0.2, -0.15) is 0 Å². The average molecular weight is 619 g/mol. The Morgan fingerprint density at radius 3 is 1.49 bits per heavy atom. The van der Waals surface area contributed by atoms with E-state index >= 15 is 0 Å². The predicted octanol–water partition coefficient (Wildman–Crippen LogP) is 13.9. The average Bonchev–Trinajstić information content (AvgIpc) is 3.55. The van der Waals surface area contributed by atoms with Crippen LogP contribution in [0.4, 0.5) is 0 Å². The number of furan rings is 1. The highest BCUT2D eigenvalue weighted by Gasteiger charge is 2.20. The predicted molar refractivity (Wildman–Crippen MR) is 210 cm³/mol. The molecular weight excluding hydrogens is 593 g/mol. The maximum Gasteiger partial charge on any atom is 0.143 e. The fourth-order valence-corrected chi connectivity index (χ4v) is 8.95. The number of fused-ring (bicyclic) bond motifs is 5. The zero-order chi connectivity index (χ0) is 31.8. The van der Waals surface area contributed by atoms with Crippen LogP contribution in [0.25, 0.3) is 120 Å². The molecule has 1 heterocycles.